The number of piperidine rings is 3. The van der Waals surface area contributed by atoms with Gasteiger partial charge in [-0.05, 0) is 118 Å². The maximum absolute atomic E-state index is 13.9. The molecule has 4 saturated heterocycles. The van der Waals surface area contributed by atoms with Crippen molar-refractivity contribution in [3.8, 4) is 0 Å². The van der Waals surface area contributed by atoms with Crippen LogP contribution in [0.15, 0.2) is 182 Å². The van der Waals surface area contributed by atoms with Crippen LogP contribution in [0.5, 0.6) is 0 Å². The second-order valence-electron chi connectivity index (χ2n) is 26.8. The number of nitrogens with zero attached hydrogens (tertiary/aromatic N) is 3. The molecule has 0 N–H and O–H groups in total. The number of likely N-dealkylation sites (tertiary alicyclic amines) is 2. The van der Waals surface area contributed by atoms with Gasteiger partial charge in [0.1, 0.15) is 5.60 Å². The number of fused-ring (bicyclic) bond motifs is 4. The van der Waals surface area contributed by atoms with E-state index in [0.717, 1.165) is 44.3 Å². The van der Waals surface area contributed by atoms with Gasteiger partial charge in [0.25, 0.3) is 16.6 Å². The first-order valence-electron chi connectivity index (χ1n) is 29.1. The number of hydrogen-bond acceptors (Lipinski definition) is 6. The molecule has 404 valence electrons. The Labute approximate surface area is 463 Å². The molecule has 4 aliphatic heterocycles. The zero-order valence-corrected chi connectivity index (χ0v) is 49.4. The molecule has 8 unspecified atom stereocenters. The maximum atomic E-state index is 13.9. The normalized spacial score (nSPS) is 27.1. The molecule has 6 fully saturated rings. The van der Waals surface area contributed by atoms with E-state index in [9.17, 15) is 4.79 Å². The van der Waals surface area contributed by atoms with E-state index in [2.05, 4.69) is 238 Å². The van der Waals surface area contributed by atoms with Gasteiger partial charge in [0.05, 0.1) is 30.3 Å². The summed E-state index contributed by atoms with van der Waals surface area (Å²) >= 11 is 0. The summed E-state index contributed by atoms with van der Waals surface area (Å²) in [7, 11) is -5.41. The highest BCUT2D eigenvalue weighted by atomic mass is 28.4. The van der Waals surface area contributed by atoms with Crippen molar-refractivity contribution in [1.29, 1.82) is 0 Å². The van der Waals surface area contributed by atoms with Crippen LogP contribution in [0.1, 0.15) is 106 Å². The van der Waals surface area contributed by atoms with E-state index in [4.69, 9.17) is 13.6 Å². The molecule has 2 saturated carbocycles. The number of hydrogen-bond donors (Lipinski definition) is 0. The molecule has 1 amide bonds. The monoisotopic (exact) mass is 1060 g/mol. The van der Waals surface area contributed by atoms with Crippen LogP contribution in [-0.4, -0.2) is 92.5 Å². The molecule has 6 aromatic rings. The van der Waals surface area contributed by atoms with Crippen LogP contribution >= 0.6 is 0 Å². The van der Waals surface area contributed by atoms with Crippen LogP contribution < -0.4 is 20.7 Å². The summed E-state index contributed by atoms with van der Waals surface area (Å²) in [4.78, 5) is 21.4. The molecule has 0 aromatic heterocycles. The third-order valence-electron chi connectivity index (χ3n) is 18.5. The van der Waals surface area contributed by atoms with Crippen molar-refractivity contribution in [2.45, 2.75) is 160 Å². The van der Waals surface area contributed by atoms with Gasteiger partial charge in [0.15, 0.2) is 0 Å². The van der Waals surface area contributed by atoms with E-state index in [1.54, 1.807) is 0 Å². The first-order chi connectivity index (χ1) is 36.9. The highest BCUT2D eigenvalue weighted by Crippen LogP contribution is 2.55. The van der Waals surface area contributed by atoms with Gasteiger partial charge >= 0.3 is 6.09 Å². The summed E-state index contributed by atoms with van der Waals surface area (Å²) in [5.74, 6) is 2.82. The molecule has 2 aliphatic carbocycles. The lowest BCUT2D eigenvalue weighted by Crippen LogP contribution is -2.69. The van der Waals surface area contributed by atoms with E-state index >= 15 is 0 Å². The Morgan fingerprint density at radius 2 is 0.805 bits per heavy atom. The highest BCUT2D eigenvalue weighted by molar-refractivity contribution is 7.00. The van der Waals surface area contributed by atoms with Gasteiger partial charge in [-0.3, -0.25) is 14.7 Å². The third kappa shape index (κ3) is 10.4. The van der Waals surface area contributed by atoms with Gasteiger partial charge in [-0.25, -0.2) is 4.79 Å². The van der Waals surface area contributed by atoms with Gasteiger partial charge in [-0.15, -0.1) is 0 Å². The molecule has 7 nitrogen and oxygen atoms in total. The molecule has 9 heteroatoms. The molecule has 77 heavy (non-hydrogen) atoms. The van der Waals surface area contributed by atoms with Crippen molar-refractivity contribution >= 4 is 43.5 Å². The maximum Gasteiger partial charge on any atom is 0.410 e. The zero-order valence-electron chi connectivity index (χ0n) is 47.4. The lowest BCUT2D eigenvalue weighted by atomic mass is 9.78. The van der Waals surface area contributed by atoms with Gasteiger partial charge in [0.2, 0.25) is 0 Å². The average molecular weight is 1060 g/mol. The van der Waals surface area contributed by atoms with Crippen LogP contribution in [0.4, 0.5) is 4.79 Å². The fourth-order valence-electron chi connectivity index (χ4n) is 15.8. The van der Waals surface area contributed by atoms with E-state index < -0.39 is 22.2 Å². The smallest absolute Gasteiger partial charge is 0.410 e. The summed E-state index contributed by atoms with van der Waals surface area (Å²) in [5, 5.41) is 5.24. The summed E-state index contributed by atoms with van der Waals surface area (Å²) in [5.41, 5.74) is 2.18. The Kier molecular flexibility index (Phi) is 15.0. The van der Waals surface area contributed by atoms with Crippen molar-refractivity contribution in [3.05, 3.63) is 193 Å². The quantitative estimate of drug-likeness (QED) is 0.114. The number of carbonyl (C=O) groups excluding carboxylic acids is 1. The SMILES string of the molecule is CC(C)(C)OC(=O)N1C2CC3CC1[C@H](O[Si](c1ccccc1)(c1ccccc1)C(C)(C)C)C2N(Cc1ccccc1)C3.CC(C)(C)[Si](O[C@H]1C2CC3CC(C2)C1N(Cc1ccccc1)C3)(c1ccccc1)c1ccccc1. The third-order valence-corrected chi connectivity index (χ3v) is 28.5. The summed E-state index contributed by atoms with van der Waals surface area (Å²) in [6.45, 7) is 24.3. The summed E-state index contributed by atoms with van der Waals surface area (Å²) < 4.78 is 21.8. The Bertz CT molecular complexity index is 2820. The van der Waals surface area contributed by atoms with Crippen molar-refractivity contribution in [3.63, 3.8) is 0 Å². The fraction of sp³-hybridized carbons (Fsp3) is 0.456. The lowest BCUT2D eigenvalue weighted by molar-refractivity contribution is -0.0206. The Morgan fingerprint density at radius 3 is 1.22 bits per heavy atom. The molecule has 10 atom stereocenters. The van der Waals surface area contributed by atoms with Crippen LogP contribution in [-0.2, 0) is 26.7 Å². The Hall–Kier alpha value is -5.14. The van der Waals surface area contributed by atoms with Crippen molar-refractivity contribution < 1.29 is 18.4 Å². The molecule has 0 radical (unpaired) electrons. The second-order valence-corrected chi connectivity index (χ2v) is 35.3. The minimum absolute atomic E-state index is 0.0176. The standard InChI is InChI=1S/C36H46N2O3Si.C32H39NOSi/c1-35(2,3)40-34(39)38-30-22-27-23-31(38)33(32(30)37(25-27)24-26-16-10-7-11-17-26)41-42(36(4,5)6,28-18-12-8-13-19-28)29-20-14-9-15-21-29;1-32(2,3)35(28-15-9-5-10-16-28,29-17-11-6-12-18-29)34-31-27-20-25-19-26(21-27)30(31)33(23-25)22-24-13-7-4-8-14-24/h7-21,27,30-33H,22-25H2,1-6H3;4-18,25-27,30-31H,19-23H2,1-3H3/t27?,30?,31?,32?,33-;25?,26?,27?,30?,31-/m00/s1. The molecule has 12 rings (SSSR count). The minimum atomic E-state index is -2.85. The van der Waals surface area contributed by atoms with E-state index in [1.807, 2.05) is 20.8 Å². The molecule has 6 aliphatic rings. The second kappa shape index (κ2) is 21.5. The topological polar surface area (TPSA) is 54.5 Å². The van der Waals surface area contributed by atoms with E-state index in [1.165, 1.54) is 57.7 Å². The van der Waals surface area contributed by atoms with E-state index in [-0.39, 0.29) is 40.4 Å². The van der Waals surface area contributed by atoms with Crippen molar-refractivity contribution in [2.24, 2.45) is 23.7 Å². The molecular formula is C68H85N3O4Si2. The van der Waals surface area contributed by atoms with Gasteiger partial charge in [-0.2, -0.15) is 0 Å². The predicted octanol–water partition coefficient (Wildman–Crippen LogP) is 12.1. The lowest BCUT2D eigenvalue weighted by Gasteiger charge is -2.48. The minimum Gasteiger partial charge on any atom is -0.444 e. The molecular weight excluding hydrogens is 979 g/mol. The number of benzene rings is 6. The first-order valence-corrected chi connectivity index (χ1v) is 32.9. The van der Waals surface area contributed by atoms with Gasteiger partial charge in [-0.1, -0.05) is 224 Å². The largest absolute Gasteiger partial charge is 0.444 e. The van der Waals surface area contributed by atoms with Gasteiger partial charge in [0, 0.05) is 32.2 Å². The summed E-state index contributed by atoms with van der Waals surface area (Å²) in [6, 6.07) is 66.7. The van der Waals surface area contributed by atoms with E-state index in [0.29, 0.717) is 24.0 Å². The summed E-state index contributed by atoms with van der Waals surface area (Å²) in [6.07, 6.45) is 6.01. The molecule has 6 aromatic carbocycles. The van der Waals surface area contributed by atoms with Crippen LogP contribution in [0, 0.1) is 23.7 Å². The highest BCUT2D eigenvalue weighted by Gasteiger charge is 2.65. The van der Waals surface area contributed by atoms with Gasteiger partial charge < -0.3 is 13.6 Å². The number of ether oxygens (including phenoxy) is 1. The fourth-order valence-corrected chi connectivity index (χ4v) is 25.2. The zero-order chi connectivity index (χ0) is 53.7. The average Bonchev–Trinajstić information content (AvgIpc) is 3.98. The first kappa shape index (κ1) is 53.8. The van der Waals surface area contributed by atoms with Crippen molar-refractivity contribution in [2.75, 3.05) is 13.1 Å². The van der Waals surface area contributed by atoms with Crippen LogP contribution in [0.25, 0.3) is 0 Å². The Morgan fingerprint density at radius 1 is 0.442 bits per heavy atom. The number of amides is 1. The number of carbonyl (C=O) groups is 1. The number of rotatable bonds is 12. The predicted molar refractivity (Wildman–Crippen MR) is 319 cm³/mol. The molecule has 4 heterocycles. The molecule has 0 spiro atoms. The Balaban J connectivity index is 0.000000166. The van der Waals surface area contributed by atoms with Crippen LogP contribution in [0.3, 0.4) is 0 Å². The van der Waals surface area contributed by atoms with Crippen molar-refractivity contribution in [1.82, 2.24) is 14.7 Å². The molecule has 6 bridgehead atoms. The van der Waals surface area contributed by atoms with Crippen LogP contribution in [0.2, 0.25) is 10.1 Å².